The summed E-state index contributed by atoms with van der Waals surface area (Å²) in [5.41, 5.74) is 8.56. The van der Waals surface area contributed by atoms with Gasteiger partial charge < -0.3 is 10.7 Å². The normalized spacial score (nSPS) is 17.2. The van der Waals surface area contributed by atoms with E-state index in [4.69, 9.17) is 5.73 Å². The average molecular weight is 348 g/mol. The van der Waals surface area contributed by atoms with Crippen LogP contribution in [-0.4, -0.2) is 33.4 Å². The molecule has 0 unspecified atom stereocenters. The second-order valence-electron chi connectivity index (χ2n) is 6.64. The number of fused-ring (bicyclic) bond motifs is 2. The number of aromatic nitrogens is 2. The molecule has 0 radical (unpaired) electrons. The average Bonchev–Trinajstić information content (AvgIpc) is 2.65. The summed E-state index contributed by atoms with van der Waals surface area (Å²) in [6, 6.07) is 15.1. The smallest absolute Gasteiger partial charge is 0.258 e. The zero-order valence-corrected chi connectivity index (χ0v) is 14.3. The molecule has 1 atom stereocenters. The van der Waals surface area contributed by atoms with Gasteiger partial charge in [-0.1, -0.05) is 36.4 Å². The van der Waals surface area contributed by atoms with Crippen LogP contribution in [0.25, 0.3) is 10.9 Å². The topological polar surface area (TPSA) is 92.1 Å². The molecule has 3 N–H and O–H groups in total. The van der Waals surface area contributed by atoms with Crippen molar-refractivity contribution >= 4 is 16.8 Å². The monoisotopic (exact) mass is 348 g/mol. The van der Waals surface area contributed by atoms with Gasteiger partial charge in [-0.25, -0.2) is 4.98 Å². The molecule has 0 spiro atoms. The SMILES string of the molecule is NC(=O)[C@@H]1Cc2ccccc2CN1CCc1nc2ccccc2c(=O)[nH]1. The van der Waals surface area contributed by atoms with E-state index in [0.29, 0.717) is 42.7 Å². The van der Waals surface area contributed by atoms with Gasteiger partial charge in [-0.15, -0.1) is 0 Å². The molecule has 1 aromatic heterocycles. The summed E-state index contributed by atoms with van der Waals surface area (Å²) in [5, 5.41) is 0.582. The minimum Gasteiger partial charge on any atom is -0.368 e. The molecular weight excluding hydrogens is 328 g/mol. The van der Waals surface area contributed by atoms with E-state index in [-0.39, 0.29) is 17.5 Å². The fourth-order valence-electron chi connectivity index (χ4n) is 3.60. The highest BCUT2D eigenvalue weighted by atomic mass is 16.1. The Morgan fingerprint density at radius 2 is 1.88 bits per heavy atom. The molecule has 0 fully saturated rings. The number of nitrogens with zero attached hydrogens (tertiary/aromatic N) is 2. The first-order chi connectivity index (χ1) is 12.6. The number of benzene rings is 2. The lowest BCUT2D eigenvalue weighted by Gasteiger charge is -2.34. The number of para-hydroxylation sites is 1. The molecule has 4 rings (SSSR count). The predicted octanol–water partition coefficient (Wildman–Crippen LogP) is 1.38. The zero-order valence-electron chi connectivity index (χ0n) is 14.3. The summed E-state index contributed by atoms with van der Waals surface area (Å²) >= 11 is 0. The maximum Gasteiger partial charge on any atom is 0.258 e. The van der Waals surface area contributed by atoms with E-state index >= 15 is 0 Å². The molecule has 6 nitrogen and oxygen atoms in total. The summed E-state index contributed by atoms with van der Waals surface area (Å²) < 4.78 is 0. The van der Waals surface area contributed by atoms with Gasteiger partial charge in [-0.3, -0.25) is 14.5 Å². The molecule has 132 valence electrons. The first-order valence-electron chi connectivity index (χ1n) is 8.70. The Kier molecular flexibility index (Phi) is 4.26. The Labute approximate surface area is 150 Å². The van der Waals surface area contributed by atoms with Gasteiger partial charge >= 0.3 is 0 Å². The molecule has 2 heterocycles. The van der Waals surface area contributed by atoms with Crippen LogP contribution in [0.5, 0.6) is 0 Å². The van der Waals surface area contributed by atoms with E-state index in [1.807, 2.05) is 36.4 Å². The van der Waals surface area contributed by atoms with Crippen molar-refractivity contribution in [1.29, 1.82) is 0 Å². The van der Waals surface area contributed by atoms with Crippen LogP contribution < -0.4 is 11.3 Å². The van der Waals surface area contributed by atoms with Crippen molar-refractivity contribution in [3.05, 3.63) is 75.8 Å². The summed E-state index contributed by atoms with van der Waals surface area (Å²) in [4.78, 5) is 33.6. The molecule has 6 heteroatoms. The van der Waals surface area contributed by atoms with Crippen LogP contribution in [0.3, 0.4) is 0 Å². The number of hydrogen-bond donors (Lipinski definition) is 2. The third-order valence-electron chi connectivity index (χ3n) is 4.97. The largest absolute Gasteiger partial charge is 0.368 e. The Bertz CT molecular complexity index is 1030. The Balaban J connectivity index is 1.57. The lowest BCUT2D eigenvalue weighted by molar-refractivity contribution is -0.123. The molecule has 0 saturated carbocycles. The lowest BCUT2D eigenvalue weighted by Crippen LogP contribution is -2.49. The summed E-state index contributed by atoms with van der Waals surface area (Å²) in [7, 11) is 0. The Morgan fingerprint density at radius 1 is 1.15 bits per heavy atom. The quantitative estimate of drug-likeness (QED) is 0.745. The van der Waals surface area contributed by atoms with Crippen molar-refractivity contribution in [1.82, 2.24) is 14.9 Å². The second kappa shape index (κ2) is 6.72. The van der Waals surface area contributed by atoms with E-state index in [0.717, 1.165) is 0 Å². The first-order valence-corrected chi connectivity index (χ1v) is 8.70. The second-order valence-corrected chi connectivity index (χ2v) is 6.64. The van der Waals surface area contributed by atoms with Gasteiger partial charge in [0.25, 0.3) is 5.56 Å². The van der Waals surface area contributed by atoms with E-state index in [1.54, 1.807) is 6.07 Å². The summed E-state index contributed by atoms with van der Waals surface area (Å²) in [6.45, 7) is 1.27. The number of hydrogen-bond acceptors (Lipinski definition) is 4. The van der Waals surface area contributed by atoms with Gasteiger partial charge in [0, 0.05) is 19.5 Å². The van der Waals surface area contributed by atoms with Crippen molar-refractivity contribution in [3.8, 4) is 0 Å². The van der Waals surface area contributed by atoms with Crippen molar-refractivity contribution < 1.29 is 4.79 Å². The highest BCUT2D eigenvalue weighted by molar-refractivity contribution is 5.80. The summed E-state index contributed by atoms with van der Waals surface area (Å²) in [6.07, 6.45) is 1.17. The molecule has 2 aromatic carbocycles. The summed E-state index contributed by atoms with van der Waals surface area (Å²) in [5.74, 6) is 0.301. The van der Waals surface area contributed by atoms with Crippen LogP contribution in [-0.2, 0) is 24.2 Å². The molecule has 0 saturated heterocycles. The number of nitrogens with one attached hydrogen (secondary N) is 1. The van der Waals surface area contributed by atoms with Gasteiger partial charge in [0.15, 0.2) is 0 Å². The number of amides is 1. The Morgan fingerprint density at radius 3 is 2.69 bits per heavy atom. The van der Waals surface area contributed by atoms with Crippen LogP contribution in [0.4, 0.5) is 0 Å². The maximum atomic E-state index is 12.2. The van der Waals surface area contributed by atoms with Gasteiger partial charge in [0.05, 0.1) is 16.9 Å². The minimum absolute atomic E-state index is 0.138. The van der Waals surface area contributed by atoms with Crippen molar-refractivity contribution in [2.75, 3.05) is 6.54 Å². The van der Waals surface area contributed by atoms with Crippen LogP contribution >= 0.6 is 0 Å². The van der Waals surface area contributed by atoms with Crippen LogP contribution in [0.2, 0.25) is 0 Å². The van der Waals surface area contributed by atoms with E-state index in [1.165, 1.54) is 11.1 Å². The van der Waals surface area contributed by atoms with Crippen LogP contribution in [0, 0.1) is 0 Å². The maximum absolute atomic E-state index is 12.2. The number of nitrogens with two attached hydrogens (primary N) is 1. The minimum atomic E-state index is -0.336. The molecule has 1 aliphatic rings. The molecule has 0 bridgehead atoms. The molecule has 3 aromatic rings. The van der Waals surface area contributed by atoms with Crippen LogP contribution in [0.1, 0.15) is 17.0 Å². The van der Waals surface area contributed by atoms with Gasteiger partial charge in [-0.05, 0) is 29.7 Å². The molecule has 0 aliphatic carbocycles. The van der Waals surface area contributed by atoms with Crippen LogP contribution in [0.15, 0.2) is 53.3 Å². The third kappa shape index (κ3) is 3.11. The fourth-order valence-corrected chi connectivity index (χ4v) is 3.60. The number of H-pyrrole nitrogens is 1. The Hall–Kier alpha value is -2.99. The van der Waals surface area contributed by atoms with E-state index in [2.05, 4.69) is 20.9 Å². The molecule has 1 amide bonds. The van der Waals surface area contributed by atoms with Crippen molar-refractivity contribution in [2.45, 2.75) is 25.4 Å². The van der Waals surface area contributed by atoms with Gasteiger partial charge in [0.2, 0.25) is 5.91 Å². The number of rotatable bonds is 4. The van der Waals surface area contributed by atoms with E-state index < -0.39 is 0 Å². The van der Waals surface area contributed by atoms with Crippen molar-refractivity contribution in [3.63, 3.8) is 0 Å². The van der Waals surface area contributed by atoms with E-state index in [9.17, 15) is 9.59 Å². The highest BCUT2D eigenvalue weighted by Crippen LogP contribution is 2.23. The predicted molar refractivity (Wildman–Crippen MR) is 99.6 cm³/mol. The number of carbonyl (C=O) groups excluding carboxylic acids is 1. The van der Waals surface area contributed by atoms with Gasteiger partial charge in [-0.2, -0.15) is 0 Å². The fraction of sp³-hybridized carbons (Fsp3) is 0.250. The first kappa shape index (κ1) is 16.5. The van der Waals surface area contributed by atoms with Crippen molar-refractivity contribution in [2.24, 2.45) is 5.73 Å². The molecule has 26 heavy (non-hydrogen) atoms. The number of primary amides is 1. The molecular formula is C20H20N4O2. The third-order valence-corrected chi connectivity index (χ3v) is 4.97. The standard InChI is InChI=1S/C20H20N4O2/c21-19(25)17-11-13-5-1-2-6-14(13)12-24(17)10-9-18-22-16-8-4-3-7-15(16)20(26)23-18/h1-8,17H,9-12H2,(H2,21,25)(H,22,23,26)/t17-/m0/s1. The number of carbonyl (C=O) groups is 1. The number of aromatic amines is 1. The zero-order chi connectivity index (χ0) is 18.1. The lowest BCUT2D eigenvalue weighted by atomic mass is 9.93. The highest BCUT2D eigenvalue weighted by Gasteiger charge is 2.29. The van der Waals surface area contributed by atoms with Gasteiger partial charge in [0.1, 0.15) is 5.82 Å². The molecule has 1 aliphatic heterocycles.